The summed E-state index contributed by atoms with van der Waals surface area (Å²) in [6, 6.07) is 12.8. The lowest BCUT2D eigenvalue weighted by molar-refractivity contribution is 0.0918. The summed E-state index contributed by atoms with van der Waals surface area (Å²) in [4.78, 5) is 26.0. The third-order valence-electron chi connectivity index (χ3n) is 4.26. The summed E-state index contributed by atoms with van der Waals surface area (Å²) in [5, 5.41) is 6.44. The summed E-state index contributed by atoms with van der Waals surface area (Å²) < 4.78 is 0. The second-order valence-corrected chi connectivity index (χ2v) is 9.56. The third-order valence-corrected chi connectivity index (χ3v) is 5.52. The summed E-state index contributed by atoms with van der Waals surface area (Å²) in [7, 11) is 0. The molecular formula is C23H30N2O2S. The third kappa shape index (κ3) is 6.41. The summed E-state index contributed by atoms with van der Waals surface area (Å²) in [5.74, 6) is -0.335. The second kappa shape index (κ2) is 9.28. The monoisotopic (exact) mass is 398 g/mol. The van der Waals surface area contributed by atoms with Crippen molar-refractivity contribution in [3.05, 3.63) is 59.2 Å². The van der Waals surface area contributed by atoms with Crippen LogP contribution in [0.25, 0.3) is 0 Å². The van der Waals surface area contributed by atoms with Gasteiger partial charge in [-0.2, -0.15) is 0 Å². The van der Waals surface area contributed by atoms with Crippen molar-refractivity contribution >= 4 is 29.3 Å². The van der Waals surface area contributed by atoms with E-state index in [0.717, 1.165) is 17.7 Å². The van der Waals surface area contributed by atoms with Crippen LogP contribution in [0, 0.1) is 6.92 Å². The predicted octanol–water partition coefficient (Wildman–Crippen LogP) is 5.67. The molecule has 0 radical (unpaired) electrons. The molecule has 1 unspecified atom stereocenters. The molecule has 28 heavy (non-hydrogen) atoms. The standard InChI is InChI=1S/C23H30N2O2S/c1-7-16(3)28-19-12-13-20(15(2)14-19)24-21(26)17-8-10-18(11-9-17)22(27)25-23(4,5)6/h8-14,16H,7H2,1-6H3,(H,24,26)(H,25,27). The van der Waals surface area contributed by atoms with Crippen LogP contribution in [0.5, 0.6) is 0 Å². The number of nitrogens with one attached hydrogen (secondary N) is 2. The van der Waals surface area contributed by atoms with E-state index in [0.29, 0.717) is 16.4 Å². The van der Waals surface area contributed by atoms with Crippen molar-refractivity contribution in [2.24, 2.45) is 0 Å². The van der Waals surface area contributed by atoms with E-state index in [9.17, 15) is 9.59 Å². The van der Waals surface area contributed by atoms with Gasteiger partial charge in [0, 0.05) is 32.5 Å². The Bertz CT molecular complexity index is 839. The van der Waals surface area contributed by atoms with Crippen LogP contribution >= 0.6 is 11.8 Å². The van der Waals surface area contributed by atoms with Gasteiger partial charge >= 0.3 is 0 Å². The number of hydrogen-bond acceptors (Lipinski definition) is 3. The molecule has 0 saturated heterocycles. The fraction of sp³-hybridized carbons (Fsp3) is 0.391. The van der Waals surface area contributed by atoms with Gasteiger partial charge in [-0.3, -0.25) is 9.59 Å². The van der Waals surface area contributed by atoms with Crippen molar-refractivity contribution in [1.82, 2.24) is 5.32 Å². The van der Waals surface area contributed by atoms with E-state index >= 15 is 0 Å². The van der Waals surface area contributed by atoms with E-state index in [2.05, 4.69) is 30.5 Å². The molecule has 0 aliphatic carbocycles. The fourth-order valence-corrected chi connectivity index (χ4v) is 3.57. The summed E-state index contributed by atoms with van der Waals surface area (Å²) in [5.41, 5.74) is 2.58. The van der Waals surface area contributed by atoms with Gasteiger partial charge in [0.2, 0.25) is 0 Å². The SMILES string of the molecule is CCC(C)Sc1ccc(NC(=O)c2ccc(C(=O)NC(C)(C)C)cc2)c(C)c1. The summed E-state index contributed by atoms with van der Waals surface area (Å²) in [6.07, 6.45) is 1.12. The van der Waals surface area contributed by atoms with Crippen molar-refractivity contribution in [2.45, 2.75) is 63.6 Å². The molecule has 2 rings (SSSR count). The first-order valence-electron chi connectivity index (χ1n) is 9.60. The van der Waals surface area contributed by atoms with Gasteiger partial charge in [-0.1, -0.05) is 13.8 Å². The maximum absolute atomic E-state index is 12.6. The molecule has 0 saturated carbocycles. The van der Waals surface area contributed by atoms with Crippen LogP contribution in [0.15, 0.2) is 47.4 Å². The van der Waals surface area contributed by atoms with Crippen LogP contribution in [-0.4, -0.2) is 22.6 Å². The topological polar surface area (TPSA) is 58.2 Å². The number of thioether (sulfide) groups is 1. The molecule has 0 bridgehead atoms. The predicted molar refractivity (Wildman–Crippen MR) is 118 cm³/mol. The van der Waals surface area contributed by atoms with Crippen molar-refractivity contribution < 1.29 is 9.59 Å². The average Bonchev–Trinajstić information content (AvgIpc) is 2.62. The van der Waals surface area contributed by atoms with E-state index in [1.165, 1.54) is 4.90 Å². The van der Waals surface area contributed by atoms with Gasteiger partial charge in [0.1, 0.15) is 0 Å². The zero-order chi connectivity index (χ0) is 20.9. The highest BCUT2D eigenvalue weighted by atomic mass is 32.2. The Morgan fingerprint density at radius 2 is 1.57 bits per heavy atom. The van der Waals surface area contributed by atoms with E-state index in [1.54, 1.807) is 24.3 Å². The van der Waals surface area contributed by atoms with Crippen molar-refractivity contribution in [1.29, 1.82) is 0 Å². The van der Waals surface area contributed by atoms with Gasteiger partial charge in [0.15, 0.2) is 0 Å². The Labute approximate surface area is 172 Å². The summed E-state index contributed by atoms with van der Waals surface area (Å²) >= 11 is 1.84. The Morgan fingerprint density at radius 1 is 1.00 bits per heavy atom. The molecule has 0 aliphatic heterocycles. The van der Waals surface area contributed by atoms with Crippen molar-refractivity contribution in [3.8, 4) is 0 Å². The minimum absolute atomic E-state index is 0.148. The largest absolute Gasteiger partial charge is 0.347 e. The van der Waals surface area contributed by atoms with Crippen LogP contribution in [0.4, 0.5) is 5.69 Å². The number of benzene rings is 2. The van der Waals surface area contributed by atoms with E-state index in [-0.39, 0.29) is 17.4 Å². The smallest absolute Gasteiger partial charge is 0.255 e. The van der Waals surface area contributed by atoms with Gasteiger partial charge in [-0.15, -0.1) is 11.8 Å². The number of anilines is 1. The maximum atomic E-state index is 12.6. The second-order valence-electron chi connectivity index (χ2n) is 8.05. The van der Waals surface area contributed by atoms with Crippen molar-refractivity contribution in [3.63, 3.8) is 0 Å². The number of rotatable bonds is 6. The molecule has 5 heteroatoms. The van der Waals surface area contributed by atoms with Gasteiger partial charge in [-0.25, -0.2) is 0 Å². The molecule has 2 aromatic rings. The van der Waals surface area contributed by atoms with Gasteiger partial charge in [0.25, 0.3) is 11.8 Å². The van der Waals surface area contributed by atoms with Crippen LogP contribution in [0.3, 0.4) is 0 Å². The Balaban J connectivity index is 2.06. The molecule has 2 amide bonds. The minimum atomic E-state index is -0.302. The maximum Gasteiger partial charge on any atom is 0.255 e. The highest BCUT2D eigenvalue weighted by Crippen LogP contribution is 2.28. The van der Waals surface area contributed by atoms with Crippen LogP contribution < -0.4 is 10.6 Å². The first-order valence-corrected chi connectivity index (χ1v) is 10.5. The molecule has 0 aromatic heterocycles. The lowest BCUT2D eigenvalue weighted by atomic mass is 10.1. The summed E-state index contributed by atoms with van der Waals surface area (Å²) in [6.45, 7) is 12.2. The number of hydrogen-bond donors (Lipinski definition) is 2. The Morgan fingerprint density at radius 3 is 2.07 bits per heavy atom. The molecule has 4 nitrogen and oxygen atoms in total. The molecule has 2 aromatic carbocycles. The molecule has 0 aliphatic rings. The molecule has 0 heterocycles. The van der Waals surface area contributed by atoms with Crippen molar-refractivity contribution in [2.75, 3.05) is 5.32 Å². The molecule has 2 N–H and O–H groups in total. The number of amides is 2. The van der Waals surface area contributed by atoms with Gasteiger partial charge in [-0.05, 0) is 82.1 Å². The molecular weight excluding hydrogens is 368 g/mol. The lowest BCUT2D eigenvalue weighted by Gasteiger charge is -2.20. The van der Waals surface area contributed by atoms with E-state index in [4.69, 9.17) is 0 Å². The molecule has 1 atom stereocenters. The number of carbonyl (C=O) groups excluding carboxylic acids is 2. The number of carbonyl (C=O) groups is 2. The Kier molecular flexibility index (Phi) is 7.30. The van der Waals surface area contributed by atoms with Gasteiger partial charge < -0.3 is 10.6 Å². The van der Waals surface area contributed by atoms with E-state index in [1.807, 2.05) is 51.6 Å². The average molecular weight is 399 g/mol. The minimum Gasteiger partial charge on any atom is -0.347 e. The first kappa shape index (κ1) is 22.0. The lowest BCUT2D eigenvalue weighted by Crippen LogP contribution is -2.40. The zero-order valence-electron chi connectivity index (χ0n) is 17.6. The quantitative estimate of drug-likeness (QED) is 0.617. The van der Waals surface area contributed by atoms with E-state index < -0.39 is 0 Å². The molecule has 150 valence electrons. The normalized spacial score (nSPS) is 12.4. The molecule has 0 spiro atoms. The molecule has 0 fully saturated rings. The van der Waals surface area contributed by atoms with Crippen LogP contribution in [0.1, 0.15) is 67.3 Å². The van der Waals surface area contributed by atoms with Gasteiger partial charge in [0.05, 0.1) is 0 Å². The number of aryl methyl sites for hydroxylation is 1. The highest BCUT2D eigenvalue weighted by molar-refractivity contribution is 7.99. The Hall–Kier alpha value is -2.27. The zero-order valence-corrected chi connectivity index (χ0v) is 18.4. The first-order chi connectivity index (χ1) is 13.1. The fourth-order valence-electron chi connectivity index (χ4n) is 2.55. The van der Waals surface area contributed by atoms with Crippen LogP contribution in [0.2, 0.25) is 0 Å². The highest BCUT2D eigenvalue weighted by Gasteiger charge is 2.16. The van der Waals surface area contributed by atoms with Crippen LogP contribution in [-0.2, 0) is 0 Å².